The van der Waals surface area contributed by atoms with Crippen LogP contribution in [0.3, 0.4) is 0 Å². The van der Waals surface area contributed by atoms with Crippen LogP contribution >= 0.6 is 34.8 Å². The van der Waals surface area contributed by atoms with Crippen molar-refractivity contribution in [2.45, 2.75) is 19.5 Å². The van der Waals surface area contributed by atoms with Crippen LogP contribution in [0.1, 0.15) is 24.1 Å². The SMILES string of the molecule is CC(NCc1cccc(Cl)c1Cl)c1ccccc1Cl. The summed E-state index contributed by atoms with van der Waals surface area (Å²) in [7, 11) is 0. The van der Waals surface area contributed by atoms with Crippen LogP contribution in [0.15, 0.2) is 42.5 Å². The first-order chi connectivity index (χ1) is 9.09. The number of halogens is 3. The van der Waals surface area contributed by atoms with Crippen molar-refractivity contribution in [3.05, 3.63) is 68.7 Å². The van der Waals surface area contributed by atoms with Gasteiger partial charge in [0.2, 0.25) is 0 Å². The maximum atomic E-state index is 6.17. The fourth-order valence-corrected chi connectivity index (χ4v) is 2.57. The molecule has 1 unspecified atom stereocenters. The minimum Gasteiger partial charge on any atom is -0.306 e. The third kappa shape index (κ3) is 3.64. The molecule has 19 heavy (non-hydrogen) atoms. The molecule has 0 aliphatic rings. The summed E-state index contributed by atoms with van der Waals surface area (Å²) in [6.45, 7) is 2.71. The average Bonchev–Trinajstić information content (AvgIpc) is 2.40. The molecule has 0 fully saturated rings. The second-order valence-corrected chi connectivity index (χ2v) is 5.53. The molecule has 4 heteroatoms. The number of benzene rings is 2. The lowest BCUT2D eigenvalue weighted by molar-refractivity contribution is 0.575. The van der Waals surface area contributed by atoms with Crippen LogP contribution in [0.25, 0.3) is 0 Å². The molecule has 1 nitrogen and oxygen atoms in total. The molecule has 100 valence electrons. The number of rotatable bonds is 4. The highest BCUT2D eigenvalue weighted by molar-refractivity contribution is 6.42. The zero-order valence-corrected chi connectivity index (χ0v) is 12.7. The van der Waals surface area contributed by atoms with E-state index in [-0.39, 0.29) is 6.04 Å². The Balaban J connectivity index is 2.07. The van der Waals surface area contributed by atoms with E-state index < -0.39 is 0 Å². The highest BCUT2D eigenvalue weighted by Gasteiger charge is 2.10. The van der Waals surface area contributed by atoms with Gasteiger partial charge in [0, 0.05) is 17.6 Å². The van der Waals surface area contributed by atoms with E-state index >= 15 is 0 Å². The Hall–Kier alpha value is -0.730. The zero-order valence-electron chi connectivity index (χ0n) is 10.5. The van der Waals surface area contributed by atoms with Gasteiger partial charge in [-0.25, -0.2) is 0 Å². The number of nitrogens with one attached hydrogen (secondary N) is 1. The monoisotopic (exact) mass is 313 g/mol. The first-order valence-electron chi connectivity index (χ1n) is 6.00. The smallest absolute Gasteiger partial charge is 0.0637 e. The third-order valence-corrected chi connectivity index (χ3v) is 4.20. The van der Waals surface area contributed by atoms with E-state index in [0.29, 0.717) is 16.6 Å². The predicted octanol–water partition coefficient (Wildman–Crippen LogP) is 5.50. The average molecular weight is 315 g/mol. The second-order valence-electron chi connectivity index (χ2n) is 4.34. The Morgan fingerprint density at radius 2 is 1.63 bits per heavy atom. The Kier molecular flexibility index (Phi) is 5.12. The van der Waals surface area contributed by atoms with E-state index in [1.165, 1.54) is 0 Å². The van der Waals surface area contributed by atoms with Crippen molar-refractivity contribution in [1.29, 1.82) is 0 Å². The third-order valence-electron chi connectivity index (χ3n) is 3.00. The quantitative estimate of drug-likeness (QED) is 0.786. The van der Waals surface area contributed by atoms with E-state index in [1.54, 1.807) is 6.07 Å². The summed E-state index contributed by atoms with van der Waals surface area (Å²) in [5.41, 5.74) is 2.05. The molecule has 0 aromatic heterocycles. The van der Waals surface area contributed by atoms with Gasteiger partial charge in [-0.05, 0) is 30.2 Å². The molecule has 2 aromatic rings. The summed E-state index contributed by atoms with van der Waals surface area (Å²) < 4.78 is 0. The molecule has 0 bridgehead atoms. The summed E-state index contributed by atoms with van der Waals surface area (Å²) in [6.07, 6.45) is 0. The molecule has 0 saturated heterocycles. The van der Waals surface area contributed by atoms with Gasteiger partial charge < -0.3 is 5.32 Å². The van der Waals surface area contributed by atoms with Gasteiger partial charge in [0.1, 0.15) is 0 Å². The minimum atomic E-state index is 0.142. The second kappa shape index (κ2) is 6.62. The molecule has 0 heterocycles. The molecule has 0 aliphatic heterocycles. The minimum absolute atomic E-state index is 0.142. The lowest BCUT2D eigenvalue weighted by Gasteiger charge is -2.16. The summed E-state index contributed by atoms with van der Waals surface area (Å²) in [6, 6.07) is 13.6. The van der Waals surface area contributed by atoms with Crippen molar-refractivity contribution >= 4 is 34.8 Å². The molecule has 1 atom stereocenters. The van der Waals surface area contributed by atoms with Crippen LogP contribution in [0.2, 0.25) is 15.1 Å². The standard InChI is InChI=1S/C15H14Cl3N/c1-10(12-6-2-3-7-13(12)16)19-9-11-5-4-8-14(17)15(11)18/h2-8,10,19H,9H2,1H3. The molecular weight excluding hydrogens is 301 g/mol. The molecule has 2 rings (SSSR count). The van der Waals surface area contributed by atoms with Crippen molar-refractivity contribution in [1.82, 2.24) is 5.32 Å². The summed E-state index contributed by atoms with van der Waals surface area (Å²) >= 11 is 18.3. The molecule has 0 aliphatic carbocycles. The van der Waals surface area contributed by atoms with E-state index in [1.807, 2.05) is 36.4 Å². The molecule has 0 radical (unpaired) electrons. The lowest BCUT2D eigenvalue weighted by atomic mass is 10.1. The van der Waals surface area contributed by atoms with Crippen molar-refractivity contribution in [3.8, 4) is 0 Å². The van der Waals surface area contributed by atoms with Crippen LogP contribution in [-0.2, 0) is 6.54 Å². The summed E-state index contributed by atoms with van der Waals surface area (Å²) in [4.78, 5) is 0. The number of hydrogen-bond donors (Lipinski definition) is 1. The summed E-state index contributed by atoms with van der Waals surface area (Å²) in [5.74, 6) is 0. The molecular formula is C15H14Cl3N. The van der Waals surface area contributed by atoms with Crippen LogP contribution in [0.4, 0.5) is 0 Å². The van der Waals surface area contributed by atoms with E-state index in [0.717, 1.165) is 16.1 Å². The van der Waals surface area contributed by atoms with Crippen LogP contribution in [-0.4, -0.2) is 0 Å². The van der Waals surface area contributed by atoms with Crippen LogP contribution in [0, 0.1) is 0 Å². The Morgan fingerprint density at radius 1 is 0.947 bits per heavy atom. The first kappa shape index (κ1) is 14.7. The molecule has 0 saturated carbocycles. The lowest BCUT2D eigenvalue weighted by Crippen LogP contribution is -2.18. The van der Waals surface area contributed by atoms with E-state index in [9.17, 15) is 0 Å². The van der Waals surface area contributed by atoms with Crippen molar-refractivity contribution in [3.63, 3.8) is 0 Å². The van der Waals surface area contributed by atoms with Gasteiger partial charge >= 0.3 is 0 Å². The fourth-order valence-electron chi connectivity index (χ4n) is 1.88. The topological polar surface area (TPSA) is 12.0 Å². The molecule has 1 N–H and O–H groups in total. The number of hydrogen-bond acceptors (Lipinski definition) is 1. The van der Waals surface area contributed by atoms with E-state index in [4.69, 9.17) is 34.8 Å². The van der Waals surface area contributed by atoms with Crippen LogP contribution in [0.5, 0.6) is 0 Å². The Labute approximate surface area is 128 Å². The highest BCUT2D eigenvalue weighted by Crippen LogP contribution is 2.27. The maximum absolute atomic E-state index is 6.17. The molecule has 0 amide bonds. The highest BCUT2D eigenvalue weighted by atomic mass is 35.5. The van der Waals surface area contributed by atoms with Gasteiger partial charge in [-0.15, -0.1) is 0 Å². The Bertz CT molecular complexity index is 569. The van der Waals surface area contributed by atoms with Crippen molar-refractivity contribution in [2.75, 3.05) is 0 Å². The van der Waals surface area contributed by atoms with Gasteiger partial charge in [0.15, 0.2) is 0 Å². The first-order valence-corrected chi connectivity index (χ1v) is 7.13. The van der Waals surface area contributed by atoms with Crippen LogP contribution < -0.4 is 5.32 Å². The van der Waals surface area contributed by atoms with Crippen molar-refractivity contribution in [2.24, 2.45) is 0 Å². The molecule has 2 aromatic carbocycles. The van der Waals surface area contributed by atoms with Gasteiger partial charge in [-0.3, -0.25) is 0 Å². The zero-order chi connectivity index (χ0) is 13.8. The normalized spacial score (nSPS) is 12.4. The van der Waals surface area contributed by atoms with Crippen molar-refractivity contribution < 1.29 is 0 Å². The Morgan fingerprint density at radius 3 is 2.37 bits per heavy atom. The van der Waals surface area contributed by atoms with Gasteiger partial charge in [-0.1, -0.05) is 65.1 Å². The largest absolute Gasteiger partial charge is 0.306 e. The molecule has 0 spiro atoms. The van der Waals surface area contributed by atoms with Gasteiger partial charge in [-0.2, -0.15) is 0 Å². The van der Waals surface area contributed by atoms with Gasteiger partial charge in [0.05, 0.1) is 10.0 Å². The summed E-state index contributed by atoms with van der Waals surface area (Å²) in [5, 5.41) is 5.34. The van der Waals surface area contributed by atoms with E-state index in [2.05, 4.69) is 12.2 Å². The fraction of sp³-hybridized carbons (Fsp3) is 0.200. The van der Waals surface area contributed by atoms with Gasteiger partial charge in [0.25, 0.3) is 0 Å². The maximum Gasteiger partial charge on any atom is 0.0637 e. The predicted molar refractivity (Wildman–Crippen MR) is 83.2 cm³/mol.